The molecule has 2 aromatic rings. The molecule has 3 heteroatoms. The molecule has 0 bridgehead atoms. The summed E-state index contributed by atoms with van der Waals surface area (Å²) < 4.78 is 5.28. The average Bonchev–Trinajstić information content (AvgIpc) is 2.36. The van der Waals surface area contributed by atoms with E-state index in [2.05, 4.69) is 24.0 Å². The molecule has 17 heavy (non-hydrogen) atoms. The Kier molecular flexibility index (Phi) is 2.53. The predicted molar refractivity (Wildman–Crippen MR) is 71.1 cm³/mol. The summed E-state index contributed by atoms with van der Waals surface area (Å²) in [6, 6.07) is 14.2. The number of para-hydroxylation sites is 1. The largest absolute Gasteiger partial charge is 0.466 e. The van der Waals surface area contributed by atoms with Crippen LogP contribution in [0.4, 0.5) is 11.4 Å². The summed E-state index contributed by atoms with van der Waals surface area (Å²) in [4.78, 5) is 2.40. The summed E-state index contributed by atoms with van der Waals surface area (Å²) in [6.45, 7) is 3.56. The molecule has 0 aliphatic carbocycles. The first kappa shape index (κ1) is 10.3. The Morgan fingerprint density at radius 3 is 2.76 bits per heavy atom. The molecule has 0 saturated carbocycles. The van der Waals surface area contributed by atoms with Gasteiger partial charge >= 0.3 is 0 Å². The zero-order chi connectivity index (χ0) is 11.7. The molecule has 0 unspecified atom stereocenters. The highest BCUT2D eigenvalue weighted by Crippen LogP contribution is 2.45. The second-order valence-corrected chi connectivity index (χ2v) is 4.75. The number of nitrogens with one attached hydrogen (secondary N) is 1. The van der Waals surface area contributed by atoms with Gasteiger partial charge in [0, 0.05) is 9.79 Å². The lowest BCUT2D eigenvalue weighted by Crippen LogP contribution is -1.99. The van der Waals surface area contributed by atoms with Gasteiger partial charge in [-0.05, 0) is 30.3 Å². The van der Waals surface area contributed by atoms with Gasteiger partial charge in [-0.3, -0.25) is 0 Å². The van der Waals surface area contributed by atoms with Crippen LogP contribution in [0.25, 0.3) is 0 Å². The molecule has 1 heterocycles. The van der Waals surface area contributed by atoms with Gasteiger partial charge in [-0.2, -0.15) is 0 Å². The van der Waals surface area contributed by atoms with Gasteiger partial charge in [0.05, 0.1) is 17.6 Å². The van der Waals surface area contributed by atoms with Crippen LogP contribution in [0.15, 0.2) is 65.1 Å². The highest BCUT2D eigenvalue weighted by atomic mass is 32.2. The monoisotopic (exact) mass is 241 g/mol. The van der Waals surface area contributed by atoms with E-state index < -0.39 is 0 Å². The molecular weight excluding hydrogens is 230 g/mol. The van der Waals surface area contributed by atoms with Crippen LogP contribution in [0.2, 0.25) is 0 Å². The average molecular weight is 241 g/mol. The summed E-state index contributed by atoms with van der Waals surface area (Å²) in [5, 5.41) is 3.41. The van der Waals surface area contributed by atoms with E-state index in [1.165, 1.54) is 16.1 Å². The van der Waals surface area contributed by atoms with Crippen molar-refractivity contribution in [3.8, 4) is 5.75 Å². The predicted octanol–water partition coefficient (Wildman–Crippen LogP) is 4.42. The van der Waals surface area contributed by atoms with Crippen molar-refractivity contribution in [2.45, 2.75) is 9.79 Å². The smallest absolute Gasteiger partial charge is 0.127 e. The van der Waals surface area contributed by atoms with Crippen molar-refractivity contribution in [1.29, 1.82) is 0 Å². The molecule has 3 rings (SSSR count). The number of ether oxygens (including phenoxy) is 1. The zero-order valence-electron chi connectivity index (χ0n) is 9.14. The maximum Gasteiger partial charge on any atom is 0.127 e. The topological polar surface area (TPSA) is 21.3 Å². The van der Waals surface area contributed by atoms with E-state index in [1.54, 1.807) is 11.8 Å². The maximum atomic E-state index is 5.28. The van der Waals surface area contributed by atoms with Crippen molar-refractivity contribution in [2.75, 3.05) is 5.32 Å². The molecule has 84 valence electrons. The number of hydrogen-bond acceptors (Lipinski definition) is 3. The number of benzene rings is 2. The van der Waals surface area contributed by atoms with Crippen molar-refractivity contribution in [3.05, 3.63) is 55.3 Å². The fourth-order valence-corrected chi connectivity index (χ4v) is 2.80. The summed E-state index contributed by atoms with van der Waals surface area (Å²) in [5.74, 6) is 0.812. The van der Waals surface area contributed by atoms with Gasteiger partial charge in [0.25, 0.3) is 0 Å². The molecule has 0 atom stereocenters. The van der Waals surface area contributed by atoms with E-state index in [0.717, 1.165) is 17.1 Å². The standard InChI is InChI=1S/C14H11NOS/c1-2-16-10-7-8-12-14(9-10)17-13-6-4-3-5-11(13)15-12/h2-9,15H,1H2. The van der Waals surface area contributed by atoms with Gasteiger partial charge in [0.1, 0.15) is 5.75 Å². The Morgan fingerprint density at radius 1 is 1.06 bits per heavy atom. The molecule has 0 aromatic heterocycles. The van der Waals surface area contributed by atoms with Crippen LogP contribution >= 0.6 is 11.8 Å². The van der Waals surface area contributed by atoms with Crippen molar-refractivity contribution in [1.82, 2.24) is 0 Å². The number of anilines is 2. The summed E-state index contributed by atoms with van der Waals surface area (Å²) in [5.41, 5.74) is 2.27. The molecule has 2 aromatic carbocycles. The van der Waals surface area contributed by atoms with E-state index in [0.29, 0.717) is 0 Å². The third-order valence-corrected chi connectivity index (χ3v) is 3.68. The zero-order valence-corrected chi connectivity index (χ0v) is 9.96. The second kappa shape index (κ2) is 4.18. The van der Waals surface area contributed by atoms with E-state index in [1.807, 2.05) is 30.3 Å². The Balaban J connectivity index is 2.00. The second-order valence-electron chi connectivity index (χ2n) is 3.67. The van der Waals surface area contributed by atoms with Crippen LogP contribution < -0.4 is 10.1 Å². The normalized spacial score (nSPS) is 12.0. The van der Waals surface area contributed by atoms with Gasteiger partial charge in [-0.25, -0.2) is 0 Å². The van der Waals surface area contributed by atoms with Gasteiger partial charge in [-0.1, -0.05) is 30.5 Å². The van der Waals surface area contributed by atoms with Crippen molar-refractivity contribution >= 4 is 23.1 Å². The molecule has 1 aliphatic heterocycles. The first-order chi connectivity index (χ1) is 8.36. The van der Waals surface area contributed by atoms with Gasteiger partial charge in [0.15, 0.2) is 0 Å². The third kappa shape index (κ3) is 1.89. The molecule has 0 radical (unpaired) electrons. The van der Waals surface area contributed by atoms with Gasteiger partial charge in [-0.15, -0.1) is 0 Å². The molecule has 2 nitrogen and oxygen atoms in total. The minimum atomic E-state index is 0.812. The van der Waals surface area contributed by atoms with Gasteiger partial charge in [0.2, 0.25) is 0 Å². The molecule has 0 spiro atoms. The number of fused-ring (bicyclic) bond motifs is 2. The Labute approximate surface area is 104 Å². The van der Waals surface area contributed by atoms with Crippen molar-refractivity contribution in [3.63, 3.8) is 0 Å². The lowest BCUT2D eigenvalue weighted by molar-refractivity contribution is 0.482. The van der Waals surface area contributed by atoms with Gasteiger partial charge < -0.3 is 10.1 Å². The van der Waals surface area contributed by atoms with Crippen LogP contribution in [-0.4, -0.2) is 0 Å². The van der Waals surface area contributed by atoms with E-state index in [-0.39, 0.29) is 0 Å². The van der Waals surface area contributed by atoms with Crippen molar-refractivity contribution < 1.29 is 4.74 Å². The van der Waals surface area contributed by atoms with Crippen LogP contribution in [-0.2, 0) is 0 Å². The summed E-state index contributed by atoms with van der Waals surface area (Å²) in [7, 11) is 0. The van der Waals surface area contributed by atoms with Crippen LogP contribution in [0.5, 0.6) is 5.75 Å². The molecular formula is C14H11NOS. The van der Waals surface area contributed by atoms with E-state index in [4.69, 9.17) is 4.74 Å². The Bertz CT molecular complexity index is 580. The minimum absolute atomic E-state index is 0.812. The summed E-state index contributed by atoms with van der Waals surface area (Å²) in [6.07, 6.45) is 1.44. The minimum Gasteiger partial charge on any atom is -0.466 e. The SMILES string of the molecule is C=COc1ccc2c(c1)Sc1ccccc1N2. The first-order valence-corrected chi connectivity index (χ1v) is 6.14. The fraction of sp³-hybridized carbons (Fsp3) is 0. The third-order valence-electron chi connectivity index (χ3n) is 2.55. The number of hydrogen-bond donors (Lipinski definition) is 1. The lowest BCUT2D eigenvalue weighted by Gasteiger charge is -2.20. The Morgan fingerprint density at radius 2 is 1.88 bits per heavy atom. The molecule has 0 saturated heterocycles. The van der Waals surface area contributed by atoms with Crippen LogP contribution in [0.3, 0.4) is 0 Å². The quantitative estimate of drug-likeness (QED) is 0.671. The molecule has 0 fully saturated rings. The lowest BCUT2D eigenvalue weighted by atomic mass is 10.2. The first-order valence-electron chi connectivity index (χ1n) is 5.32. The van der Waals surface area contributed by atoms with Crippen molar-refractivity contribution in [2.24, 2.45) is 0 Å². The number of rotatable bonds is 2. The highest BCUT2D eigenvalue weighted by Gasteiger charge is 2.15. The van der Waals surface area contributed by atoms with E-state index >= 15 is 0 Å². The highest BCUT2D eigenvalue weighted by molar-refractivity contribution is 7.99. The van der Waals surface area contributed by atoms with Crippen LogP contribution in [0.1, 0.15) is 0 Å². The molecule has 1 aliphatic rings. The van der Waals surface area contributed by atoms with E-state index in [9.17, 15) is 0 Å². The van der Waals surface area contributed by atoms with Crippen LogP contribution in [0, 0.1) is 0 Å². The maximum absolute atomic E-state index is 5.28. The molecule has 0 amide bonds. The Hall–Kier alpha value is -1.87. The molecule has 1 N–H and O–H groups in total. The summed E-state index contributed by atoms with van der Waals surface area (Å²) >= 11 is 1.75. The fourth-order valence-electron chi connectivity index (χ4n) is 1.78.